The number of phenolic OH excluding ortho intramolecular Hbond substituents is 1. The van der Waals surface area contributed by atoms with E-state index in [1.165, 1.54) is 0 Å². The molecule has 0 bridgehead atoms. The first-order valence-corrected chi connectivity index (χ1v) is 8.96. The number of aryl methyl sites for hydroxylation is 1. The Morgan fingerprint density at radius 1 is 1.12 bits per heavy atom. The number of aromatic hydroxyl groups is 1. The maximum atomic E-state index is 12.7. The van der Waals surface area contributed by atoms with Crippen molar-refractivity contribution in [2.24, 2.45) is 0 Å². The molecule has 3 rings (SSSR count). The summed E-state index contributed by atoms with van der Waals surface area (Å²) < 4.78 is 2.18. The quantitative estimate of drug-likeness (QED) is 0.850. The van der Waals surface area contributed by atoms with E-state index in [-0.39, 0.29) is 5.78 Å². The lowest BCUT2D eigenvalue weighted by Crippen LogP contribution is -2.48. The summed E-state index contributed by atoms with van der Waals surface area (Å²) in [6, 6.07) is 9.44. The fraction of sp³-hybridized carbons (Fsp3) is 0.450. The number of rotatable bonds is 5. The summed E-state index contributed by atoms with van der Waals surface area (Å²) in [7, 11) is 0. The third-order valence-corrected chi connectivity index (χ3v) is 5.15. The van der Waals surface area contributed by atoms with Crippen molar-refractivity contribution in [2.75, 3.05) is 37.6 Å². The van der Waals surface area contributed by atoms with E-state index >= 15 is 0 Å². The van der Waals surface area contributed by atoms with Crippen LogP contribution < -0.4 is 4.90 Å². The molecule has 1 saturated heterocycles. The Balaban J connectivity index is 1.61. The van der Waals surface area contributed by atoms with Gasteiger partial charge in [0.25, 0.3) is 0 Å². The van der Waals surface area contributed by atoms with Gasteiger partial charge >= 0.3 is 0 Å². The lowest BCUT2D eigenvalue weighted by atomic mass is 10.1. The lowest BCUT2D eigenvalue weighted by molar-refractivity contribution is 0.0925. The Hall–Kier alpha value is -2.27. The van der Waals surface area contributed by atoms with Gasteiger partial charge < -0.3 is 14.6 Å². The van der Waals surface area contributed by atoms with Crippen LogP contribution in [-0.2, 0) is 6.54 Å². The van der Waals surface area contributed by atoms with Crippen molar-refractivity contribution in [3.8, 4) is 5.75 Å². The van der Waals surface area contributed by atoms with Crippen LogP contribution in [0, 0.1) is 13.8 Å². The summed E-state index contributed by atoms with van der Waals surface area (Å²) in [5, 5.41) is 9.99. The zero-order valence-electron chi connectivity index (χ0n) is 15.3. The molecule has 1 fully saturated rings. The number of carbonyl (C=O) groups excluding carboxylic acids is 1. The second-order valence-corrected chi connectivity index (χ2v) is 6.70. The molecule has 0 saturated carbocycles. The Labute approximate surface area is 149 Å². The van der Waals surface area contributed by atoms with Crippen LogP contribution in [0.5, 0.6) is 5.75 Å². The van der Waals surface area contributed by atoms with Crippen LogP contribution in [0.1, 0.15) is 28.7 Å². The third kappa shape index (κ3) is 3.56. The molecule has 5 heteroatoms. The summed E-state index contributed by atoms with van der Waals surface area (Å²) >= 11 is 0. The Bertz CT molecular complexity index is 758. The largest absolute Gasteiger partial charge is 0.506 e. The molecule has 0 spiro atoms. The van der Waals surface area contributed by atoms with Crippen molar-refractivity contribution in [1.82, 2.24) is 9.47 Å². The van der Waals surface area contributed by atoms with Gasteiger partial charge in [0.2, 0.25) is 0 Å². The fourth-order valence-electron chi connectivity index (χ4n) is 3.74. The minimum atomic E-state index is 0.198. The zero-order chi connectivity index (χ0) is 18.0. The molecule has 1 aromatic carbocycles. The number of carbonyl (C=O) groups is 1. The normalized spacial score (nSPS) is 15.6. The predicted octanol–water partition coefficient (Wildman–Crippen LogP) is 2.84. The first kappa shape index (κ1) is 17.5. The minimum absolute atomic E-state index is 0.198. The van der Waals surface area contributed by atoms with Gasteiger partial charge in [0.15, 0.2) is 5.78 Å². The highest BCUT2D eigenvalue weighted by atomic mass is 16.3. The van der Waals surface area contributed by atoms with Crippen LogP contribution in [0.4, 0.5) is 5.69 Å². The molecular weight excluding hydrogens is 314 g/mol. The van der Waals surface area contributed by atoms with Crippen LogP contribution in [0.3, 0.4) is 0 Å². The monoisotopic (exact) mass is 341 g/mol. The molecule has 0 radical (unpaired) electrons. The van der Waals surface area contributed by atoms with Gasteiger partial charge in [-0.2, -0.15) is 0 Å². The van der Waals surface area contributed by atoms with E-state index < -0.39 is 0 Å². The lowest BCUT2D eigenvalue weighted by Gasteiger charge is -2.35. The SMILES string of the molecule is CCn1c(C)cc(C(=O)CN2CCN(c3ccccc3O)CC2)c1C. The number of hydrogen-bond donors (Lipinski definition) is 1. The Morgan fingerprint density at radius 2 is 1.80 bits per heavy atom. The topological polar surface area (TPSA) is 48.7 Å². The van der Waals surface area contributed by atoms with Crippen LogP contribution in [0.25, 0.3) is 0 Å². The third-order valence-electron chi connectivity index (χ3n) is 5.15. The molecule has 5 nitrogen and oxygen atoms in total. The second kappa shape index (κ2) is 7.31. The number of phenols is 1. The summed E-state index contributed by atoms with van der Waals surface area (Å²) in [4.78, 5) is 17.1. The van der Waals surface area contributed by atoms with E-state index in [0.717, 1.165) is 55.4 Å². The second-order valence-electron chi connectivity index (χ2n) is 6.70. The number of Topliss-reactive ketones (excluding diaryl/α,β-unsaturated/α-hetero) is 1. The van der Waals surface area contributed by atoms with Crippen LogP contribution in [0.15, 0.2) is 30.3 Å². The van der Waals surface area contributed by atoms with Gasteiger partial charge in [0.05, 0.1) is 12.2 Å². The van der Waals surface area contributed by atoms with E-state index in [4.69, 9.17) is 0 Å². The number of nitrogens with zero attached hydrogens (tertiary/aromatic N) is 3. The zero-order valence-corrected chi connectivity index (χ0v) is 15.3. The van der Waals surface area contributed by atoms with E-state index in [0.29, 0.717) is 12.3 Å². The van der Waals surface area contributed by atoms with Crippen LogP contribution in [0.2, 0.25) is 0 Å². The number of piperazine rings is 1. The summed E-state index contributed by atoms with van der Waals surface area (Å²) in [5.74, 6) is 0.517. The predicted molar refractivity (Wildman–Crippen MR) is 101 cm³/mol. The maximum Gasteiger partial charge on any atom is 0.178 e. The molecule has 25 heavy (non-hydrogen) atoms. The van der Waals surface area contributed by atoms with Crippen molar-refractivity contribution in [1.29, 1.82) is 0 Å². The van der Waals surface area contributed by atoms with Crippen LogP contribution >= 0.6 is 0 Å². The van der Waals surface area contributed by atoms with Gasteiger partial charge in [0.1, 0.15) is 5.75 Å². The molecule has 1 N–H and O–H groups in total. The van der Waals surface area contributed by atoms with Crippen LogP contribution in [-0.4, -0.2) is 53.1 Å². The Kier molecular flexibility index (Phi) is 5.13. The summed E-state index contributed by atoms with van der Waals surface area (Å²) in [6.07, 6.45) is 0. The first-order valence-electron chi connectivity index (χ1n) is 8.96. The van der Waals surface area contributed by atoms with E-state index in [2.05, 4.69) is 28.2 Å². The van der Waals surface area contributed by atoms with E-state index in [9.17, 15) is 9.90 Å². The van der Waals surface area contributed by atoms with Gasteiger partial charge in [-0.1, -0.05) is 12.1 Å². The summed E-state index contributed by atoms with van der Waals surface area (Å²) in [5.41, 5.74) is 3.94. The van der Waals surface area contributed by atoms with E-state index in [1.54, 1.807) is 6.07 Å². The van der Waals surface area contributed by atoms with Gasteiger partial charge in [0, 0.05) is 49.7 Å². The Morgan fingerprint density at radius 3 is 2.40 bits per heavy atom. The fourth-order valence-corrected chi connectivity index (χ4v) is 3.74. The smallest absolute Gasteiger partial charge is 0.178 e. The number of benzene rings is 1. The molecule has 0 amide bonds. The average molecular weight is 341 g/mol. The molecule has 2 heterocycles. The molecule has 1 aliphatic heterocycles. The van der Waals surface area contributed by atoms with Crippen molar-refractivity contribution in [2.45, 2.75) is 27.3 Å². The molecule has 1 aliphatic rings. The number of para-hydroxylation sites is 2. The number of aromatic nitrogens is 1. The molecule has 0 atom stereocenters. The molecule has 1 aromatic heterocycles. The van der Waals surface area contributed by atoms with Crippen molar-refractivity contribution < 1.29 is 9.90 Å². The van der Waals surface area contributed by atoms with Crippen molar-refractivity contribution in [3.05, 3.63) is 47.3 Å². The van der Waals surface area contributed by atoms with E-state index in [1.807, 2.05) is 31.2 Å². The maximum absolute atomic E-state index is 12.7. The molecule has 134 valence electrons. The highest BCUT2D eigenvalue weighted by Gasteiger charge is 2.22. The highest BCUT2D eigenvalue weighted by molar-refractivity contribution is 5.99. The van der Waals surface area contributed by atoms with Gasteiger partial charge in [-0.25, -0.2) is 0 Å². The molecule has 2 aromatic rings. The highest BCUT2D eigenvalue weighted by Crippen LogP contribution is 2.27. The molecule has 0 unspecified atom stereocenters. The van der Waals surface area contributed by atoms with Crippen molar-refractivity contribution >= 4 is 11.5 Å². The van der Waals surface area contributed by atoms with Gasteiger partial charge in [-0.05, 0) is 39.0 Å². The first-order chi connectivity index (χ1) is 12.0. The number of anilines is 1. The standard InChI is InChI=1S/C20H27N3O2/c1-4-23-15(2)13-17(16(23)3)20(25)14-21-9-11-22(12-10-21)18-7-5-6-8-19(18)24/h5-8,13,24H,4,9-12,14H2,1-3H3. The molecular formula is C20H27N3O2. The average Bonchev–Trinajstić information content (AvgIpc) is 2.90. The molecule has 0 aliphatic carbocycles. The number of hydrogen-bond acceptors (Lipinski definition) is 4. The minimum Gasteiger partial charge on any atom is -0.506 e. The van der Waals surface area contributed by atoms with Crippen molar-refractivity contribution in [3.63, 3.8) is 0 Å². The summed E-state index contributed by atoms with van der Waals surface area (Å²) in [6.45, 7) is 10.8. The van der Waals surface area contributed by atoms with Gasteiger partial charge in [-0.15, -0.1) is 0 Å². The van der Waals surface area contributed by atoms with Gasteiger partial charge in [-0.3, -0.25) is 9.69 Å². The number of ketones is 1.